The lowest BCUT2D eigenvalue weighted by molar-refractivity contribution is -0.791. The molecule has 1 atom stereocenters. The zero-order chi connectivity index (χ0) is 26.3. The van der Waals surface area contributed by atoms with Crippen LogP contribution in [0.25, 0.3) is 0 Å². The summed E-state index contributed by atoms with van der Waals surface area (Å²) in [6, 6.07) is 5.87. The van der Waals surface area contributed by atoms with E-state index >= 15 is 0 Å². The molecule has 3 aromatic rings. The Balaban J connectivity index is 1.65. The monoisotopic (exact) mass is 519 g/mol. The number of phenols is 1. The fraction of sp³-hybridized carbons (Fsp3) is 0.500. The number of nitrogens with zero attached hydrogens (tertiary/aromatic N) is 3. The molecule has 12 heteroatoms. The number of hydrogen-bond acceptors (Lipinski definition) is 9. The van der Waals surface area contributed by atoms with Crippen LogP contribution in [0.15, 0.2) is 44.5 Å². The topological polar surface area (TPSA) is 148 Å². The van der Waals surface area contributed by atoms with Crippen LogP contribution in [0.1, 0.15) is 70.7 Å². The Labute approximate surface area is 210 Å². The quantitative estimate of drug-likeness (QED) is 0.290. The maximum atomic E-state index is 13.0. The van der Waals surface area contributed by atoms with Crippen molar-refractivity contribution in [2.24, 2.45) is 5.41 Å². The van der Waals surface area contributed by atoms with Crippen LogP contribution >= 0.6 is 0 Å². The molecule has 1 aromatic carbocycles. The summed E-state index contributed by atoms with van der Waals surface area (Å²) in [5, 5.41) is 33.1. The number of furan rings is 1. The van der Waals surface area contributed by atoms with Gasteiger partial charge < -0.3 is 24.7 Å². The number of aromatic hydroxyl groups is 1. The summed E-state index contributed by atoms with van der Waals surface area (Å²) in [4.78, 5) is 0.00155. The summed E-state index contributed by atoms with van der Waals surface area (Å²) in [6.45, 7) is 10.9. The lowest BCUT2D eigenvalue weighted by Gasteiger charge is -2.27. The van der Waals surface area contributed by atoms with Crippen molar-refractivity contribution >= 4 is 27.3 Å². The summed E-state index contributed by atoms with van der Waals surface area (Å²) in [7, 11) is -3.86. The number of nitrogens with one attached hydrogen (secondary N) is 2. The first kappa shape index (κ1) is 25.8. The number of hydrogen-bond donors (Lipinski definition) is 3. The molecule has 2 aromatic heterocycles. The molecule has 1 aliphatic rings. The maximum absolute atomic E-state index is 13.0. The molecule has 36 heavy (non-hydrogen) atoms. The zero-order valence-electron chi connectivity index (χ0n) is 21.1. The first-order valence-electron chi connectivity index (χ1n) is 11.9. The van der Waals surface area contributed by atoms with Crippen LogP contribution in [0.2, 0.25) is 0 Å². The third kappa shape index (κ3) is 5.00. The molecule has 0 radical (unpaired) electrons. The van der Waals surface area contributed by atoms with Gasteiger partial charge in [-0.15, -0.1) is 0 Å². The van der Waals surface area contributed by atoms with E-state index in [9.17, 15) is 18.7 Å². The molecule has 0 spiro atoms. The fourth-order valence-corrected chi connectivity index (χ4v) is 5.77. The molecular weight excluding hydrogens is 486 g/mol. The van der Waals surface area contributed by atoms with Gasteiger partial charge in [-0.05, 0) is 47.7 Å². The molecule has 11 nitrogen and oxygen atoms in total. The van der Waals surface area contributed by atoms with Crippen molar-refractivity contribution < 1.29 is 27.5 Å². The lowest BCUT2D eigenvalue weighted by atomic mass is 9.85. The largest absolute Gasteiger partial charge is 0.504 e. The van der Waals surface area contributed by atoms with Crippen molar-refractivity contribution in [2.45, 2.75) is 64.3 Å². The summed E-state index contributed by atoms with van der Waals surface area (Å²) < 4.78 is 38.0. The molecule has 4 rings (SSSR count). The van der Waals surface area contributed by atoms with Crippen LogP contribution in [-0.2, 0) is 10.0 Å². The molecule has 196 valence electrons. The highest BCUT2D eigenvalue weighted by Gasteiger charge is 2.36. The second-order valence-electron chi connectivity index (χ2n) is 10.4. The zero-order valence-corrected chi connectivity index (χ0v) is 21.9. The number of benzene rings is 1. The number of aromatic nitrogens is 2. The molecule has 1 aliphatic heterocycles. The Morgan fingerprint density at radius 2 is 1.92 bits per heavy atom. The average Bonchev–Trinajstić information content (AvgIpc) is 3.55. The van der Waals surface area contributed by atoms with E-state index in [4.69, 9.17) is 9.05 Å². The van der Waals surface area contributed by atoms with Gasteiger partial charge in [0.2, 0.25) is 10.0 Å². The van der Waals surface area contributed by atoms with Crippen molar-refractivity contribution in [1.82, 2.24) is 9.46 Å². The number of para-hydroxylation sites is 1. The minimum absolute atomic E-state index is 0.0130. The molecule has 3 N–H and O–H groups in total. The van der Waals surface area contributed by atoms with Crippen LogP contribution < -0.4 is 15.5 Å². The average molecular weight is 520 g/mol. The normalized spacial score (nSPS) is 15.9. The second-order valence-corrected chi connectivity index (χ2v) is 12.3. The van der Waals surface area contributed by atoms with Gasteiger partial charge in [-0.2, -0.15) is 4.31 Å². The summed E-state index contributed by atoms with van der Waals surface area (Å²) in [6.07, 6.45) is 3.25. The number of anilines is 3. The molecule has 0 aliphatic carbocycles. The SMILES string of the molecule is CC(C)c1coc([C@H](Nc2c(Nc3cccc(S(=O)(=O)N4CCCC4)c3O)no[n+]2[O-])C(C)(C)C)c1. The van der Waals surface area contributed by atoms with Crippen LogP contribution in [0, 0.1) is 10.6 Å². The van der Waals surface area contributed by atoms with Gasteiger partial charge in [0.15, 0.2) is 5.75 Å². The van der Waals surface area contributed by atoms with Gasteiger partial charge in [-0.25, -0.2) is 8.42 Å². The van der Waals surface area contributed by atoms with E-state index in [-0.39, 0.29) is 38.5 Å². The predicted molar refractivity (Wildman–Crippen MR) is 133 cm³/mol. The molecule has 0 amide bonds. The van der Waals surface area contributed by atoms with Crippen LogP contribution in [0.5, 0.6) is 5.75 Å². The molecular formula is C24H33N5O6S. The molecule has 3 heterocycles. The minimum Gasteiger partial charge on any atom is -0.504 e. The predicted octanol–water partition coefficient (Wildman–Crippen LogP) is 4.46. The first-order valence-corrected chi connectivity index (χ1v) is 13.4. The van der Waals surface area contributed by atoms with Crippen molar-refractivity contribution in [3.63, 3.8) is 0 Å². The van der Waals surface area contributed by atoms with Gasteiger partial charge in [0.05, 0.1) is 12.0 Å². The number of phenolic OH excluding ortho intramolecular Hbond substituents is 1. The Kier molecular flexibility index (Phi) is 6.93. The van der Waals surface area contributed by atoms with Gasteiger partial charge >= 0.3 is 11.6 Å². The highest BCUT2D eigenvalue weighted by Crippen LogP contribution is 2.40. The standard InChI is InChI=1S/C24H33N5O6S/c1-15(2)16-13-18(34-14-16)21(24(3,4)5)26-23-22(27-35-29(23)31)25-17-9-8-10-19(20(17)30)36(32,33)28-11-6-7-12-28/h8-10,13-15,21,26,30H,6-7,11-12H2,1-5H3,(H,25,27)/t21-/m0/s1. The Hall–Kier alpha value is -3.25. The van der Waals surface area contributed by atoms with Crippen molar-refractivity contribution in [3.05, 3.63) is 47.1 Å². The smallest absolute Gasteiger partial charge is 0.320 e. The summed E-state index contributed by atoms with van der Waals surface area (Å²) >= 11 is 0. The van der Waals surface area contributed by atoms with E-state index in [0.29, 0.717) is 18.8 Å². The fourth-order valence-electron chi connectivity index (χ4n) is 4.15. The number of rotatable bonds is 8. The van der Waals surface area contributed by atoms with Crippen LogP contribution in [0.3, 0.4) is 0 Å². The Morgan fingerprint density at radius 3 is 2.53 bits per heavy atom. The summed E-state index contributed by atoms with van der Waals surface area (Å²) in [5.74, 6) is 0.397. The third-order valence-electron chi connectivity index (χ3n) is 6.29. The highest BCUT2D eigenvalue weighted by atomic mass is 32.2. The van der Waals surface area contributed by atoms with E-state index in [1.165, 1.54) is 22.5 Å². The van der Waals surface area contributed by atoms with Gasteiger partial charge in [-0.3, -0.25) is 5.32 Å². The van der Waals surface area contributed by atoms with Crippen LogP contribution in [-0.4, -0.2) is 36.1 Å². The Morgan fingerprint density at radius 1 is 1.22 bits per heavy atom. The van der Waals surface area contributed by atoms with E-state index in [0.717, 1.165) is 18.4 Å². The molecule has 0 bridgehead atoms. The second kappa shape index (κ2) is 9.66. The van der Waals surface area contributed by atoms with E-state index in [1.807, 2.05) is 26.8 Å². The molecule has 0 saturated carbocycles. The summed E-state index contributed by atoms with van der Waals surface area (Å²) in [5.41, 5.74) is 0.722. The van der Waals surface area contributed by atoms with Gasteiger partial charge in [0.1, 0.15) is 16.7 Å². The lowest BCUT2D eigenvalue weighted by Crippen LogP contribution is -2.33. The van der Waals surface area contributed by atoms with Gasteiger partial charge in [0.25, 0.3) is 0 Å². The maximum Gasteiger partial charge on any atom is 0.320 e. The highest BCUT2D eigenvalue weighted by molar-refractivity contribution is 7.89. The first-order chi connectivity index (χ1) is 16.9. The van der Waals surface area contributed by atoms with Crippen LogP contribution in [0.4, 0.5) is 17.3 Å². The van der Waals surface area contributed by atoms with E-state index in [1.54, 1.807) is 6.26 Å². The van der Waals surface area contributed by atoms with Crippen molar-refractivity contribution in [3.8, 4) is 5.75 Å². The minimum atomic E-state index is -3.86. The van der Waals surface area contributed by atoms with E-state index < -0.39 is 21.8 Å². The Bertz CT molecular complexity index is 1320. The van der Waals surface area contributed by atoms with Crippen molar-refractivity contribution in [1.29, 1.82) is 0 Å². The third-order valence-corrected chi connectivity index (χ3v) is 8.22. The van der Waals surface area contributed by atoms with Gasteiger partial charge in [-0.1, -0.05) is 45.6 Å². The molecule has 0 unspecified atom stereocenters. The van der Waals surface area contributed by atoms with E-state index in [2.05, 4.69) is 29.6 Å². The molecule has 1 saturated heterocycles. The molecule has 1 fully saturated rings. The van der Waals surface area contributed by atoms with Crippen molar-refractivity contribution in [2.75, 3.05) is 23.7 Å². The number of sulfonamides is 1. The van der Waals surface area contributed by atoms with Gasteiger partial charge in [0, 0.05) is 18.5 Å².